The lowest BCUT2D eigenvalue weighted by atomic mass is 10.0. The first-order chi connectivity index (χ1) is 8.43. The number of ether oxygens (including phenoxy) is 1. The number of halogens is 3. The first-order valence-corrected chi connectivity index (χ1v) is 6.21. The molecule has 1 nitrogen and oxygen atoms in total. The summed E-state index contributed by atoms with van der Waals surface area (Å²) in [6.45, 7) is 4.41. The molecule has 0 spiro atoms. The first-order valence-electron chi connectivity index (χ1n) is 6.21. The van der Waals surface area contributed by atoms with Crippen LogP contribution >= 0.6 is 0 Å². The SMILES string of the molecule is CCOC(C)c1cccc([C@H]2C[C@@H]2C(F)(F)F)c1. The second-order valence-corrected chi connectivity index (χ2v) is 4.76. The Labute approximate surface area is 105 Å². The van der Waals surface area contributed by atoms with Crippen LogP contribution in [-0.4, -0.2) is 12.8 Å². The molecule has 18 heavy (non-hydrogen) atoms. The lowest BCUT2D eigenvalue weighted by molar-refractivity contribution is -0.148. The predicted octanol–water partition coefficient (Wildman–Crippen LogP) is 4.45. The van der Waals surface area contributed by atoms with Crippen molar-refractivity contribution in [1.29, 1.82) is 0 Å². The minimum Gasteiger partial charge on any atom is -0.374 e. The van der Waals surface area contributed by atoms with Gasteiger partial charge in [-0.15, -0.1) is 0 Å². The van der Waals surface area contributed by atoms with E-state index >= 15 is 0 Å². The van der Waals surface area contributed by atoms with Crippen LogP contribution in [0.5, 0.6) is 0 Å². The van der Waals surface area contributed by atoms with Crippen molar-refractivity contribution in [3.05, 3.63) is 35.4 Å². The fraction of sp³-hybridized carbons (Fsp3) is 0.571. The second kappa shape index (κ2) is 4.92. The molecule has 100 valence electrons. The van der Waals surface area contributed by atoms with Crippen LogP contribution in [0, 0.1) is 5.92 Å². The topological polar surface area (TPSA) is 9.23 Å². The summed E-state index contributed by atoms with van der Waals surface area (Å²) in [7, 11) is 0. The molecule has 0 heterocycles. The average Bonchev–Trinajstić information content (AvgIpc) is 3.09. The summed E-state index contributed by atoms with van der Waals surface area (Å²) in [4.78, 5) is 0. The van der Waals surface area contributed by atoms with Crippen LogP contribution in [-0.2, 0) is 4.74 Å². The molecule has 0 bridgehead atoms. The first kappa shape index (κ1) is 13.4. The normalized spacial score (nSPS) is 24.9. The maximum atomic E-state index is 12.5. The van der Waals surface area contributed by atoms with E-state index in [-0.39, 0.29) is 18.4 Å². The van der Waals surface area contributed by atoms with Gasteiger partial charge in [0.2, 0.25) is 0 Å². The Balaban J connectivity index is 2.10. The Morgan fingerprint density at radius 3 is 2.67 bits per heavy atom. The Bertz CT molecular complexity index is 414. The largest absolute Gasteiger partial charge is 0.392 e. The zero-order chi connectivity index (χ0) is 13.3. The van der Waals surface area contributed by atoms with E-state index in [0.717, 1.165) is 11.1 Å². The van der Waals surface area contributed by atoms with Crippen LogP contribution in [0.15, 0.2) is 24.3 Å². The van der Waals surface area contributed by atoms with Crippen LogP contribution in [0.25, 0.3) is 0 Å². The van der Waals surface area contributed by atoms with Crippen molar-refractivity contribution >= 4 is 0 Å². The zero-order valence-electron chi connectivity index (χ0n) is 10.5. The molecule has 4 heteroatoms. The molecule has 1 unspecified atom stereocenters. The van der Waals surface area contributed by atoms with E-state index in [1.165, 1.54) is 0 Å². The van der Waals surface area contributed by atoms with E-state index < -0.39 is 12.1 Å². The molecule has 2 rings (SSSR count). The number of rotatable bonds is 4. The molecule has 0 N–H and O–H groups in total. The smallest absolute Gasteiger partial charge is 0.374 e. The summed E-state index contributed by atoms with van der Waals surface area (Å²) in [6, 6.07) is 7.33. The van der Waals surface area contributed by atoms with Crippen LogP contribution in [0.4, 0.5) is 13.2 Å². The highest BCUT2D eigenvalue weighted by Gasteiger charge is 2.56. The molecule has 1 aliphatic rings. The number of hydrogen-bond donors (Lipinski definition) is 0. The maximum absolute atomic E-state index is 12.5. The highest BCUT2D eigenvalue weighted by atomic mass is 19.4. The van der Waals surface area contributed by atoms with Gasteiger partial charge in [0, 0.05) is 6.61 Å². The molecule has 1 saturated carbocycles. The van der Waals surface area contributed by atoms with Crippen LogP contribution in [0.2, 0.25) is 0 Å². The average molecular weight is 258 g/mol. The van der Waals surface area contributed by atoms with Gasteiger partial charge >= 0.3 is 6.18 Å². The maximum Gasteiger partial charge on any atom is 0.392 e. The summed E-state index contributed by atoms with van der Waals surface area (Å²) in [6.07, 6.45) is -3.92. The van der Waals surface area contributed by atoms with Crippen molar-refractivity contribution in [1.82, 2.24) is 0 Å². The van der Waals surface area contributed by atoms with E-state index in [1.54, 1.807) is 6.07 Å². The number of hydrogen-bond acceptors (Lipinski definition) is 1. The van der Waals surface area contributed by atoms with Crippen molar-refractivity contribution < 1.29 is 17.9 Å². The number of alkyl halides is 3. The van der Waals surface area contributed by atoms with Crippen LogP contribution < -0.4 is 0 Å². The van der Waals surface area contributed by atoms with Crippen molar-refractivity contribution in [2.24, 2.45) is 5.92 Å². The fourth-order valence-corrected chi connectivity index (χ4v) is 2.31. The summed E-state index contributed by atoms with van der Waals surface area (Å²) >= 11 is 0. The Hall–Kier alpha value is -1.03. The van der Waals surface area contributed by atoms with E-state index in [1.807, 2.05) is 32.0 Å². The van der Waals surface area contributed by atoms with Gasteiger partial charge in [-0.2, -0.15) is 13.2 Å². The minimum atomic E-state index is -4.06. The Kier molecular flexibility index (Phi) is 3.66. The molecular weight excluding hydrogens is 241 g/mol. The second-order valence-electron chi connectivity index (χ2n) is 4.76. The summed E-state index contributed by atoms with van der Waals surface area (Å²) in [5, 5.41) is 0. The molecule has 3 atom stereocenters. The monoisotopic (exact) mass is 258 g/mol. The summed E-state index contributed by atoms with van der Waals surface area (Å²) in [5.74, 6) is -1.52. The zero-order valence-corrected chi connectivity index (χ0v) is 10.5. The molecule has 1 aromatic carbocycles. The van der Waals surface area contributed by atoms with Gasteiger partial charge in [0.25, 0.3) is 0 Å². The van der Waals surface area contributed by atoms with Gasteiger partial charge in [-0.3, -0.25) is 0 Å². The van der Waals surface area contributed by atoms with E-state index in [0.29, 0.717) is 6.61 Å². The van der Waals surface area contributed by atoms with Crippen molar-refractivity contribution in [3.8, 4) is 0 Å². The molecule has 1 fully saturated rings. The summed E-state index contributed by atoms with van der Waals surface area (Å²) < 4.78 is 43.0. The molecule has 0 radical (unpaired) electrons. The van der Waals surface area contributed by atoms with E-state index in [2.05, 4.69) is 0 Å². The van der Waals surface area contributed by atoms with Crippen molar-refractivity contribution in [3.63, 3.8) is 0 Å². The van der Waals surface area contributed by atoms with Gasteiger partial charge in [0.15, 0.2) is 0 Å². The third kappa shape index (κ3) is 2.86. The standard InChI is InChI=1S/C14H17F3O/c1-3-18-9(2)10-5-4-6-11(7-10)12-8-13(12)14(15,16)17/h4-7,9,12-13H,3,8H2,1-2H3/t9?,12-,13+/m1/s1. The van der Waals surface area contributed by atoms with Gasteiger partial charge in [0.1, 0.15) is 0 Å². The fourth-order valence-electron chi connectivity index (χ4n) is 2.31. The highest BCUT2D eigenvalue weighted by molar-refractivity contribution is 5.32. The molecule has 0 aromatic heterocycles. The molecule has 0 saturated heterocycles. The Morgan fingerprint density at radius 2 is 2.11 bits per heavy atom. The van der Waals surface area contributed by atoms with E-state index in [4.69, 9.17) is 4.74 Å². The van der Waals surface area contributed by atoms with Gasteiger partial charge in [-0.05, 0) is 37.3 Å². The highest BCUT2D eigenvalue weighted by Crippen LogP contribution is 2.56. The van der Waals surface area contributed by atoms with Crippen LogP contribution in [0.3, 0.4) is 0 Å². The summed E-state index contributed by atoms with van der Waals surface area (Å²) in [5.41, 5.74) is 1.73. The lowest BCUT2D eigenvalue weighted by Crippen LogP contribution is -2.11. The van der Waals surface area contributed by atoms with Gasteiger partial charge < -0.3 is 4.74 Å². The minimum absolute atomic E-state index is 0.0713. The number of benzene rings is 1. The lowest BCUT2D eigenvalue weighted by Gasteiger charge is -2.13. The van der Waals surface area contributed by atoms with E-state index in [9.17, 15) is 13.2 Å². The van der Waals surface area contributed by atoms with Crippen molar-refractivity contribution in [2.45, 2.75) is 38.5 Å². The third-order valence-electron chi connectivity index (χ3n) is 3.44. The quantitative estimate of drug-likeness (QED) is 0.775. The van der Waals surface area contributed by atoms with Gasteiger partial charge in [0.05, 0.1) is 12.0 Å². The molecule has 0 aliphatic heterocycles. The van der Waals surface area contributed by atoms with Crippen LogP contribution in [0.1, 0.15) is 43.4 Å². The third-order valence-corrected chi connectivity index (χ3v) is 3.44. The Morgan fingerprint density at radius 1 is 1.39 bits per heavy atom. The molecule has 1 aromatic rings. The molecule has 0 amide bonds. The molecule has 1 aliphatic carbocycles. The predicted molar refractivity (Wildman–Crippen MR) is 63.4 cm³/mol. The van der Waals surface area contributed by atoms with Gasteiger partial charge in [-0.1, -0.05) is 24.3 Å². The van der Waals surface area contributed by atoms with Crippen molar-refractivity contribution in [2.75, 3.05) is 6.61 Å². The van der Waals surface area contributed by atoms with Gasteiger partial charge in [-0.25, -0.2) is 0 Å². The molecular formula is C14H17F3O.